The molecule has 1 amide bonds. The lowest BCUT2D eigenvalue weighted by Crippen LogP contribution is -2.26. The Morgan fingerprint density at radius 3 is 2.95 bits per heavy atom. The fraction of sp³-hybridized carbons (Fsp3) is 0.733. The number of carbonyl (C=O) groups is 1. The molecule has 0 fully saturated rings. The van der Waals surface area contributed by atoms with Crippen LogP contribution in [-0.2, 0) is 24.1 Å². The van der Waals surface area contributed by atoms with E-state index in [0.29, 0.717) is 32.7 Å². The maximum Gasteiger partial charge on any atom is 0.255 e. The first-order valence-corrected chi connectivity index (χ1v) is 7.83. The van der Waals surface area contributed by atoms with E-state index in [1.165, 1.54) is 0 Å². The summed E-state index contributed by atoms with van der Waals surface area (Å²) in [6.45, 7) is 4.82. The molecule has 2 heterocycles. The van der Waals surface area contributed by atoms with Gasteiger partial charge >= 0.3 is 0 Å². The molecule has 0 radical (unpaired) electrons. The quantitative estimate of drug-likeness (QED) is 0.865. The van der Waals surface area contributed by atoms with Gasteiger partial charge in [0.15, 0.2) is 0 Å². The summed E-state index contributed by atoms with van der Waals surface area (Å²) in [6, 6.07) is 0. The van der Waals surface area contributed by atoms with E-state index in [4.69, 9.17) is 9.84 Å². The molecule has 118 valence electrons. The molecule has 1 aromatic heterocycles. The van der Waals surface area contributed by atoms with Crippen molar-refractivity contribution in [2.45, 2.75) is 45.6 Å². The van der Waals surface area contributed by atoms with Gasteiger partial charge in [-0.3, -0.25) is 9.48 Å². The average molecular weight is 295 g/mol. The molecule has 0 bridgehead atoms. The highest BCUT2D eigenvalue weighted by atomic mass is 16.5. The van der Waals surface area contributed by atoms with Crippen LogP contribution in [0.1, 0.15) is 47.9 Å². The van der Waals surface area contributed by atoms with Gasteiger partial charge in [0.1, 0.15) is 0 Å². The number of hydrogen-bond acceptors (Lipinski definition) is 4. The summed E-state index contributed by atoms with van der Waals surface area (Å²) < 4.78 is 7.44. The summed E-state index contributed by atoms with van der Waals surface area (Å²) >= 11 is 0. The van der Waals surface area contributed by atoms with Crippen molar-refractivity contribution in [2.75, 3.05) is 26.4 Å². The van der Waals surface area contributed by atoms with Gasteiger partial charge in [-0.1, -0.05) is 6.92 Å². The zero-order valence-electron chi connectivity index (χ0n) is 12.7. The Balaban J connectivity index is 2.31. The summed E-state index contributed by atoms with van der Waals surface area (Å²) in [5.74, 6) is -0.0287. The van der Waals surface area contributed by atoms with Crippen molar-refractivity contribution >= 4 is 5.91 Å². The molecule has 0 saturated heterocycles. The van der Waals surface area contributed by atoms with E-state index in [-0.39, 0.29) is 12.5 Å². The Labute approximate surface area is 125 Å². The molecule has 0 aliphatic carbocycles. The predicted octanol–water partition coefficient (Wildman–Crippen LogP) is 0.911. The van der Waals surface area contributed by atoms with E-state index in [0.717, 1.165) is 42.6 Å². The first-order valence-electron chi connectivity index (χ1n) is 7.83. The van der Waals surface area contributed by atoms with E-state index in [1.807, 2.05) is 11.6 Å². The minimum Gasteiger partial charge on any atom is -0.396 e. The smallest absolute Gasteiger partial charge is 0.255 e. The van der Waals surface area contributed by atoms with Crippen molar-refractivity contribution < 1.29 is 14.6 Å². The molecule has 0 unspecified atom stereocenters. The van der Waals surface area contributed by atoms with E-state index < -0.39 is 0 Å². The van der Waals surface area contributed by atoms with Gasteiger partial charge in [-0.15, -0.1) is 0 Å². The van der Waals surface area contributed by atoms with Crippen molar-refractivity contribution in [3.63, 3.8) is 0 Å². The Morgan fingerprint density at radius 1 is 1.38 bits per heavy atom. The lowest BCUT2D eigenvalue weighted by atomic mass is 10.1. The average Bonchev–Trinajstić information content (AvgIpc) is 2.83. The van der Waals surface area contributed by atoms with E-state index in [2.05, 4.69) is 10.4 Å². The maximum atomic E-state index is 12.4. The molecule has 21 heavy (non-hydrogen) atoms. The molecule has 1 aliphatic rings. The Bertz CT molecular complexity index is 471. The predicted molar refractivity (Wildman–Crippen MR) is 79.4 cm³/mol. The summed E-state index contributed by atoms with van der Waals surface area (Å²) in [5.41, 5.74) is 2.56. The monoisotopic (exact) mass is 295 g/mol. The van der Waals surface area contributed by atoms with E-state index in [1.54, 1.807) is 0 Å². The van der Waals surface area contributed by atoms with Crippen LogP contribution in [-0.4, -0.2) is 47.2 Å². The minimum absolute atomic E-state index is 0.0287. The number of aromatic nitrogens is 2. The third-order valence-electron chi connectivity index (χ3n) is 3.67. The van der Waals surface area contributed by atoms with Gasteiger partial charge in [0, 0.05) is 32.9 Å². The standard InChI is InChI=1S/C15H25N3O3/c1-2-12-14-13(18(17-12)8-5-9-19)6-3-10-21-11-4-7-16-15(14)20/h19H,2-11H2,1H3,(H,16,20). The third-order valence-corrected chi connectivity index (χ3v) is 3.67. The number of aryl methyl sites for hydroxylation is 2. The van der Waals surface area contributed by atoms with Crippen molar-refractivity contribution in [1.29, 1.82) is 0 Å². The summed E-state index contributed by atoms with van der Waals surface area (Å²) in [4.78, 5) is 12.4. The molecule has 2 N–H and O–H groups in total. The molecule has 0 saturated carbocycles. The maximum absolute atomic E-state index is 12.4. The molecular weight excluding hydrogens is 270 g/mol. The van der Waals surface area contributed by atoms with Crippen LogP contribution in [0.25, 0.3) is 0 Å². The molecule has 0 spiro atoms. The van der Waals surface area contributed by atoms with Crippen molar-refractivity contribution in [3.8, 4) is 0 Å². The fourth-order valence-corrected chi connectivity index (χ4v) is 2.63. The van der Waals surface area contributed by atoms with E-state index in [9.17, 15) is 4.79 Å². The highest BCUT2D eigenvalue weighted by Crippen LogP contribution is 2.18. The molecular formula is C15H25N3O3. The largest absolute Gasteiger partial charge is 0.396 e. The lowest BCUT2D eigenvalue weighted by Gasteiger charge is -2.09. The number of hydrogen-bond donors (Lipinski definition) is 2. The van der Waals surface area contributed by atoms with Gasteiger partial charge in [0.05, 0.1) is 17.0 Å². The third kappa shape index (κ3) is 4.04. The van der Waals surface area contributed by atoms with Crippen LogP contribution in [0.3, 0.4) is 0 Å². The zero-order chi connectivity index (χ0) is 15.1. The molecule has 1 aliphatic heterocycles. The molecule has 0 atom stereocenters. The minimum atomic E-state index is -0.0287. The summed E-state index contributed by atoms with van der Waals surface area (Å²) in [5, 5.41) is 16.6. The van der Waals surface area contributed by atoms with Crippen LogP contribution in [0.4, 0.5) is 0 Å². The number of aliphatic hydroxyl groups excluding tert-OH is 1. The van der Waals surface area contributed by atoms with Crippen molar-refractivity contribution in [2.24, 2.45) is 0 Å². The second kappa shape index (κ2) is 8.14. The fourth-order valence-electron chi connectivity index (χ4n) is 2.63. The molecule has 6 heteroatoms. The summed E-state index contributed by atoms with van der Waals surface area (Å²) in [6.07, 6.45) is 3.88. The second-order valence-electron chi connectivity index (χ2n) is 5.25. The second-order valence-corrected chi connectivity index (χ2v) is 5.25. The normalized spacial score (nSPS) is 17.0. The van der Waals surface area contributed by atoms with Crippen LogP contribution >= 0.6 is 0 Å². The van der Waals surface area contributed by atoms with Gasteiger partial charge < -0.3 is 15.2 Å². The molecule has 0 aromatic carbocycles. The van der Waals surface area contributed by atoms with Crippen LogP contribution in [0.2, 0.25) is 0 Å². The van der Waals surface area contributed by atoms with E-state index >= 15 is 0 Å². The van der Waals surface area contributed by atoms with Crippen LogP contribution in [0.5, 0.6) is 0 Å². The number of nitrogens with zero attached hydrogens (tertiary/aromatic N) is 2. The highest BCUT2D eigenvalue weighted by Gasteiger charge is 2.22. The van der Waals surface area contributed by atoms with Gasteiger partial charge in [0.25, 0.3) is 5.91 Å². The molecule has 2 rings (SSSR count). The SMILES string of the molecule is CCc1nn(CCCO)c2c1C(=O)NCCCOCCC2. The number of nitrogens with one attached hydrogen (secondary N) is 1. The van der Waals surface area contributed by atoms with Gasteiger partial charge in [0.2, 0.25) is 0 Å². The number of rotatable bonds is 4. The lowest BCUT2D eigenvalue weighted by molar-refractivity contribution is 0.0943. The number of carbonyl (C=O) groups excluding carboxylic acids is 1. The first-order chi connectivity index (χ1) is 10.3. The van der Waals surface area contributed by atoms with Gasteiger partial charge in [-0.2, -0.15) is 5.10 Å². The zero-order valence-corrected chi connectivity index (χ0v) is 12.7. The van der Waals surface area contributed by atoms with Crippen LogP contribution < -0.4 is 5.32 Å². The Kier molecular flexibility index (Phi) is 6.20. The number of amides is 1. The Hall–Kier alpha value is -1.40. The Morgan fingerprint density at radius 2 is 2.19 bits per heavy atom. The number of fused-ring (bicyclic) bond motifs is 1. The first kappa shape index (κ1) is 16.0. The van der Waals surface area contributed by atoms with Crippen LogP contribution in [0, 0.1) is 0 Å². The number of ether oxygens (including phenoxy) is 1. The molecule has 6 nitrogen and oxygen atoms in total. The van der Waals surface area contributed by atoms with Crippen LogP contribution in [0.15, 0.2) is 0 Å². The van der Waals surface area contributed by atoms with Gasteiger partial charge in [-0.25, -0.2) is 0 Å². The van der Waals surface area contributed by atoms with Crippen molar-refractivity contribution in [3.05, 3.63) is 17.0 Å². The summed E-state index contributed by atoms with van der Waals surface area (Å²) in [7, 11) is 0. The number of aliphatic hydroxyl groups is 1. The van der Waals surface area contributed by atoms with Crippen molar-refractivity contribution in [1.82, 2.24) is 15.1 Å². The topological polar surface area (TPSA) is 76.4 Å². The van der Waals surface area contributed by atoms with Gasteiger partial charge in [-0.05, 0) is 32.1 Å². The molecule has 1 aromatic rings. The highest BCUT2D eigenvalue weighted by molar-refractivity contribution is 5.96.